The van der Waals surface area contributed by atoms with Gasteiger partial charge in [-0.2, -0.15) is 0 Å². The van der Waals surface area contributed by atoms with E-state index in [1.807, 2.05) is 6.07 Å². The van der Waals surface area contributed by atoms with E-state index in [0.29, 0.717) is 11.6 Å². The van der Waals surface area contributed by atoms with E-state index < -0.39 is 0 Å². The largest absolute Gasteiger partial charge is 0.396 e. The van der Waals surface area contributed by atoms with E-state index in [-0.39, 0.29) is 0 Å². The van der Waals surface area contributed by atoms with Crippen LogP contribution in [-0.2, 0) is 0 Å². The zero-order valence-corrected chi connectivity index (χ0v) is 8.46. The lowest BCUT2D eigenvalue weighted by Crippen LogP contribution is -2.03. The van der Waals surface area contributed by atoms with Gasteiger partial charge in [-0.05, 0) is 18.9 Å². The summed E-state index contributed by atoms with van der Waals surface area (Å²) in [6.45, 7) is 7.17. The van der Waals surface area contributed by atoms with E-state index in [1.54, 1.807) is 6.20 Å². The SMILES string of the molecule is CCNc1cc(C(C)C)ncc1N. The molecule has 72 valence electrons. The monoisotopic (exact) mass is 179 g/mol. The lowest BCUT2D eigenvalue weighted by Gasteiger charge is -2.10. The van der Waals surface area contributed by atoms with Crippen LogP contribution in [-0.4, -0.2) is 11.5 Å². The van der Waals surface area contributed by atoms with Crippen molar-refractivity contribution < 1.29 is 0 Å². The number of nitrogens with one attached hydrogen (secondary N) is 1. The highest BCUT2D eigenvalue weighted by molar-refractivity contribution is 5.65. The lowest BCUT2D eigenvalue weighted by molar-refractivity contribution is 0.823. The van der Waals surface area contributed by atoms with Gasteiger partial charge in [-0.15, -0.1) is 0 Å². The van der Waals surface area contributed by atoms with Gasteiger partial charge in [-0.25, -0.2) is 0 Å². The number of nitrogens with two attached hydrogens (primary N) is 1. The van der Waals surface area contributed by atoms with Crippen molar-refractivity contribution in [3.63, 3.8) is 0 Å². The van der Waals surface area contributed by atoms with E-state index in [0.717, 1.165) is 17.9 Å². The van der Waals surface area contributed by atoms with Crippen LogP contribution in [0.3, 0.4) is 0 Å². The molecule has 0 amide bonds. The lowest BCUT2D eigenvalue weighted by atomic mass is 10.1. The van der Waals surface area contributed by atoms with Crippen molar-refractivity contribution >= 4 is 11.4 Å². The summed E-state index contributed by atoms with van der Waals surface area (Å²) in [4.78, 5) is 4.26. The quantitative estimate of drug-likeness (QED) is 0.748. The maximum absolute atomic E-state index is 5.75. The van der Waals surface area contributed by atoms with Crippen LogP contribution in [0, 0.1) is 0 Å². The molecule has 0 bridgehead atoms. The first-order valence-corrected chi connectivity index (χ1v) is 4.64. The number of nitrogens with zero attached hydrogens (tertiary/aromatic N) is 1. The number of rotatable bonds is 3. The second-order valence-electron chi connectivity index (χ2n) is 3.38. The van der Waals surface area contributed by atoms with Crippen LogP contribution < -0.4 is 11.1 Å². The Morgan fingerprint density at radius 3 is 2.77 bits per heavy atom. The molecule has 3 N–H and O–H groups in total. The van der Waals surface area contributed by atoms with Crippen molar-refractivity contribution in [2.24, 2.45) is 0 Å². The van der Waals surface area contributed by atoms with Gasteiger partial charge in [-0.3, -0.25) is 4.98 Å². The molecular formula is C10H17N3. The van der Waals surface area contributed by atoms with Gasteiger partial charge in [0.15, 0.2) is 0 Å². The first-order valence-electron chi connectivity index (χ1n) is 4.64. The maximum atomic E-state index is 5.75. The van der Waals surface area contributed by atoms with Crippen molar-refractivity contribution in [2.75, 3.05) is 17.6 Å². The maximum Gasteiger partial charge on any atom is 0.0736 e. The van der Waals surface area contributed by atoms with Gasteiger partial charge in [0.05, 0.1) is 17.6 Å². The zero-order chi connectivity index (χ0) is 9.84. The van der Waals surface area contributed by atoms with Gasteiger partial charge < -0.3 is 11.1 Å². The highest BCUT2D eigenvalue weighted by Crippen LogP contribution is 2.21. The molecular weight excluding hydrogens is 162 g/mol. The molecule has 0 unspecified atom stereocenters. The number of aromatic nitrogens is 1. The van der Waals surface area contributed by atoms with Gasteiger partial charge in [0.2, 0.25) is 0 Å². The minimum atomic E-state index is 0.443. The fourth-order valence-electron chi connectivity index (χ4n) is 1.14. The molecule has 3 nitrogen and oxygen atoms in total. The first-order chi connectivity index (χ1) is 6.15. The number of pyridine rings is 1. The van der Waals surface area contributed by atoms with E-state index in [9.17, 15) is 0 Å². The molecule has 1 aromatic heterocycles. The third-order valence-corrected chi connectivity index (χ3v) is 1.91. The molecule has 0 aliphatic rings. The summed E-state index contributed by atoms with van der Waals surface area (Å²) < 4.78 is 0. The Labute approximate surface area is 79.4 Å². The van der Waals surface area contributed by atoms with Crippen molar-refractivity contribution in [1.82, 2.24) is 4.98 Å². The standard InChI is InChI=1S/C10H17N3/c1-4-12-10-5-9(7(2)3)13-6-8(10)11/h5-7H,4,11H2,1-3H3,(H,12,13). The first kappa shape index (κ1) is 9.84. The van der Waals surface area contributed by atoms with Gasteiger partial charge in [0.25, 0.3) is 0 Å². The second kappa shape index (κ2) is 4.12. The minimum absolute atomic E-state index is 0.443. The normalized spacial score (nSPS) is 10.5. The molecule has 1 rings (SSSR count). The topological polar surface area (TPSA) is 50.9 Å². The Morgan fingerprint density at radius 2 is 2.23 bits per heavy atom. The Balaban J connectivity index is 2.97. The molecule has 0 aromatic carbocycles. The summed E-state index contributed by atoms with van der Waals surface area (Å²) in [5.74, 6) is 0.443. The van der Waals surface area contributed by atoms with Crippen LogP contribution in [0.15, 0.2) is 12.3 Å². The van der Waals surface area contributed by atoms with E-state index in [1.165, 1.54) is 0 Å². The van der Waals surface area contributed by atoms with Gasteiger partial charge in [0.1, 0.15) is 0 Å². The third-order valence-electron chi connectivity index (χ3n) is 1.91. The predicted octanol–water partition coefficient (Wildman–Crippen LogP) is 2.22. The van der Waals surface area contributed by atoms with Crippen molar-refractivity contribution in [2.45, 2.75) is 26.7 Å². The van der Waals surface area contributed by atoms with Crippen molar-refractivity contribution in [1.29, 1.82) is 0 Å². The van der Waals surface area contributed by atoms with E-state index in [4.69, 9.17) is 5.73 Å². The summed E-state index contributed by atoms with van der Waals surface area (Å²) in [5.41, 5.74) is 8.53. The molecule has 13 heavy (non-hydrogen) atoms. The predicted molar refractivity (Wildman–Crippen MR) is 56.9 cm³/mol. The number of hydrogen-bond donors (Lipinski definition) is 2. The molecule has 3 heteroatoms. The molecule has 0 saturated carbocycles. The summed E-state index contributed by atoms with van der Waals surface area (Å²) >= 11 is 0. The van der Waals surface area contributed by atoms with Crippen LogP contribution in [0.5, 0.6) is 0 Å². The highest BCUT2D eigenvalue weighted by atomic mass is 14.9. The Bertz CT molecular complexity index is 281. The van der Waals surface area contributed by atoms with Gasteiger partial charge in [0, 0.05) is 12.2 Å². The third kappa shape index (κ3) is 2.34. The minimum Gasteiger partial charge on any atom is -0.396 e. The van der Waals surface area contributed by atoms with Crippen LogP contribution in [0.1, 0.15) is 32.4 Å². The fourth-order valence-corrected chi connectivity index (χ4v) is 1.14. The molecule has 0 spiro atoms. The molecule has 0 fully saturated rings. The highest BCUT2D eigenvalue weighted by Gasteiger charge is 2.04. The average molecular weight is 179 g/mol. The Kier molecular flexibility index (Phi) is 3.12. The van der Waals surface area contributed by atoms with E-state index in [2.05, 4.69) is 31.1 Å². The number of anilines is 2. The zero-order valence-electron chi connectivity index (χ0n) is 8.46. The van der Waals surface area contributed by atoms with Crippen molar-refractivity contribution in [3.8, 4) is 0 Å². The Morgan fingerprint density at radius 1 is 1.54 bits per heavy atom. The van der Waals surface area contributed by atoms with Crippen LogP contribution in [0.2, 0.25) is 0 Å². The summed E-state index contributed by atoms with van der Waals surface area (Å²) in [5, 5.41) is 3.21. The summed E-state index contributed by atoms with van der Waals surface area (Å²) in [6.07, 6.45) is 1.72. The van der Waals surface area contributed by atoms with Gasteiger partial charge >= 0.3 is 0 Å². The van der Waals surface area contributed by atoms with Crippen LogP contribution >= 0.6 is 0 Å². The molecule has 1 aromatic rings. The summed E-state index contributed by atoms with van der Waals surface area (Å²) in [7, 11) is 0. The smallest absolute Gasteiger partial charge is 0.0736 e. The second-order valence-corrected chi connectivity index (χ2v) is 3.38. The van der Waals surface area contributed by atoms with Crippen LogP contribution in [0.4, 0.5) is 11.4 Å². The molecule has 0 atom stereocenters. The van der Waals surface area contributed by atoms with Crippen LogP contribution in [0.25, 0.3) is 0 Å². The molecule has 1 heterocycles. The molecule has 0 radical (unpaired) electrons. The fraction of sp³-hybridized carbons (Fsp3) is 0.500. The van der Waals surface area contributed by atoms with Crippen molar-refractivity contribution in [3.05, 3.63) is 18.0 Å². The average Bonchev–Trinajstić information content (AvgIpc) is 2.08. The summed E-state index contributed by atoms with van der Waals surface area (Å²) in [6, 6.07) is 2.02. The van der Waals surface area contributed by atoms with Gasteiger partial charge in [-0.1, -0.05) is 13.8 Å². The number of nitrogen functional groups attached to an aromatic ring is 1. The molecule has 0 aliphatic heterocycles. The molecule has 0 aliphatic carbocycles. The van der Waals surface area contributed by atoms with E-state index >= 15 is 0 Å². The number of hydrogen-bond acceptors (Lipinski definition) is 3. The molecule has 0 saturated heterocycles. The Hall–Kier alpha value is -1.25.